The van der Waals surface area contributed by atoms with Gasteiger partial charge in [-0.25, -0.2) is 9.59 Å². The van der Waals surface area contributed by atoms with Crippen LogP contribution in [0.1, 0.15) is 39.4 Å². The molecule has 1 aliphatic rings. The van der Waals surface area contributed by atoms with Crippen LogP contribution in [-0.2, 0) is 4.74 Å². The van der Waals surface area contributed by atoms with Crippen molar-refractivity contribution in [3.8, 4) is 11.1 Å². The molecule has 0 unspecified atom stereocenters. The molecule has 6 nitrogen and oxygen atoms in total. The number of benzene rings is 3. The lowest BCUT2D eigenvalue weighted by Gasteiger charge is -2.14. The van der Waals surface area contributed by atoms with E-state index in [1.165, 1.54) is 28.3 Å². The van der Waals surface area contributed by atoms with E-state index in [4.69, 9.17) is 15.6 Å². The highest BCUT2D eigenvalue weighted by Crippen LogP contribution is 2.44. The van der Waals surface area contributed by atoms with E-state index in [0.29, 0.717) is 13.0 Å². The number of nitrogens with two attached hydrogens (primary N) is 1. The Morgan fingerprint density at radius 1 is 1.00 bits per heavy atom. The van der Waals surface area contributed by atoms with E-state index in [0.717, 1.165) is 5.56 Å². The number of hydrogen-bond donors (Lipinski definition) is 3. The van der Waals surface area contributed by atoms with Gasteiger partial charge in [-0.05, 0) is 46.4 Å². The van der Waals surface area contributed by atoms with Gasteiger partial charge in [0.2, 0.25) is 0 Å². The Kier molecular flexibility index (Phi) is 6.22. The first-order chi connectivity index (χ1) is 15.5. The van der Waals surface area contributed by atoms with Crippen molar-refractivity contribution in [3.05, 3.63) is 95.1 Å². The smallest absolute Gasteiger partial charge is 0.407 e. The Hall–Kier alpha value is -4.06. The van der Waals surface area contributed by atoms with E-state index in [1.54, 1.807) is 18.2 Å². The molecule has 0 fully saturated rings. The number of ether oxygens (including phenoxy) is 1. The number of carbonyl (C=O) groups excluding carboxylic acids is 1. The van der Waals surface area contributed by atoms with Crippen molar-refractivity contribution in [1.29, 1.82) is 0 Å². The molecule has 4 N–H and O–H groups in total. The van der Waals surface area contributed by atoms with Crippen LogP contribution in [0.2, 0.25) is 0 Å². The van der Waals surface area contributed by atoms with Gasteiger partial charge >= 0.3 is 12.1 Å². The summed E-state index contributed by atoms with van der Waals surface area (Å²) in [5.41, 5.74) is 11.4. The molecular formula is C26H24N2O4. The highest BCUT2D eigenvalue weighted by Gasteiger charge is 2.28. The molecule has 162 valence electrons. The average Bonchev–Trinajstić information content (AvgIpc) is 3.12. The van der Waals surface area contributed by atoms with Crippen molar-refractivity contribution in [2.75, 3.05) is 18.9 Å². The third-order valence-electron chi connectivity index (χ3n) is 5.54. The minimum atomic E-state index is -1.06. The predicted octanol–water partition coefficient (Wildman–Crippen LogP) is 4.91. The molecule has 3 aromatic rings. The zero-order valence-electron chi connectivity index (χ0n) is 17.5. The standard InChI is InChI=1S/C26H24N2O4/c27-24-13-12-17(15-22(24)25(29)30)7-5-6-14-28-26(31)32-16-23-20-10-3-1-8-18(20)19-9-2-4-11-21(19)23/h1-5,7-13,15,23H,6,14,16,27H2,(H,28,31)(H,29,30). The van der Waals surface area contributed by atoms with Gasteiger partial charge in [0.1, 0.15) is 6.61 Å². The second-order valence-electron chi connectivity index (χ2n) is 7.60. The maximum atomic E-state index is 12.2. The quantitative estimate of drug-likeness (QED) is 0.367. The highest BCUT2D eigenvalue weighted by molar-refractivity contribution is 5.94. The SMILES string of the molecule is Nc1ccc(C=CCCNC(=O)OCC2c3ccccc3-c3ccccc32)cc1C(=O)O. The molecule has 6 heteroatoms. The number of fused-ring (bicyclic) bond motifs is 3. The Labute approximate surface area is 186 Å². The number of carboxylic acids is 1. The van der Waals surface area contributed by atoms with Crippen molar-refractivity contribution in [2.24, 2.45) is 0 Å². The molecule has 1 amide bonds. The van der Waals surface area contributed by atoms with Crippen LogP contribution in [-0.4, -0.2) is 30.3 Å². The lowest BCUT2D eigenvalue weighted by molar-refractivity contribution is 0.0698. The molecule has 0 aromatic heterocycles. The summed E-state index contributed by atoms with van der Waals surface area (Å²) >= 11 is 0. The number of carboxylic acid groups (broad SMARTS) is 1. The van der Waals surface area contributed by atoms with Gasteiger partial charge < -0.3 is 20.9 Å². The molecular weight excluding hydrogens is 404 g/mol. The Balaban J connectivity index is 1.27. The largest absolute Gasteiger partial charge is 0.478 e. The normalized spacial score (nSPS) is 12.4. The zero-order chi connectivity index (χ0) is 22.5. The van der Waals surface area contributed by atoms with E-state index in [-0.39, 0.29) is 23.8 Å². The van der Waals surface area contributed by atoms with Crippen LogP contribution in [0, 0.1) is 0 Å². The number of carbonyl (C=O) groups is 2. The Morgan fingerprint density at radius 3 is 2.31 bits per heavy atom. The molecule has 0 spiro atoms. The van der Waals surface area contributed by atoms with Crippen LogP contribution in [0.4, 0.5) is 10.5 Å². The summed E-state index contributed by atoms with van der Waals surface area (Å²) in [4.78, 5) is 23.3. The van der Waals surface area contributed by atoms with Gasteiger partial charge in [0.15, 0.2) is 0 Å². The second-order valence-corrected chi connectivity index (χ2v) is 7.60. The maximum absolute atomic E-state index is 12.2. The Morgan fingerprint density at radius 2 is 1.66 bits per heavy atom. The minimum absolute atomic E-state index is 0.0296. The molecule has 0 bridgehead atoms. The number of aromatic carboxylic acids is 1. The third kappa shape index (κ3) is 4.49. The van der Waals surface area contributed by atoms with Gasteiger partial charge in [-0.1, -0.05) is 66.7 Å². The van der Waals surface area contributed by atoms with Crippen molar-refractivity contribution in [2.45, 2.75) is 12.3 Å². The van der Waals surface area contributed by atoms with Gasteiger partial charge in [0, 0.05) is 18.2 Å². The Bertz CT molecular complexity index is 1140. The second kappa shape index (κ2) is 9.39. The minimum Gasteiger partial charge on any atom is -0.478 e. The molecule has 0 radical (unpaired) electrons. The average molecular weight is 428 g/mol. The summed E-state index contributed by atoms with van der Waals surface area (Å²) in [6.45, 7) is 0.688. The summed E-state index contributed by atoms with van der Waals surface area (Å²) in [5.74, 6) is -1.03. The fourth-order valence-electron chi connectivity index (χ4n) is 3.99. The van der Waals surface area contributed by atoms with Crippen LogP contribution >= 0.6 is 0 Å². The number of nitrogen functional groups attached to an aromatic ring is 1. The van der Waals surface area contributed by atoms with Crippen molar-refractivity contribution in [3.63, 3.8) is 0 Å². The van der Waals surface area contributed by atoms with E-state index in [2.05, 4.69) is 29.6 Å². The first-order valence-electron chi connectivity index (χ1n) is 10.4. The van der Waals surface area contributed by atoms with Crippen LogP contribution in [0.15, 0.2) is 72.8 Å². The summed E-state index contributed by atoms with van der Waals surface area (Å²) in [6, 6.07) is 21.2. The molecule has 0 aliphatic heterocycles. The molecule has 0 saturated carbocycles. The van der Waals surface area contributed by atoms with Gasteiger partial charge in [-0.2, -0.15) is 0 Å². The molecule has 32 heavy (non-hydrogen) atoms. The third-order valence-corrected chi connectivity index (χ3v) is 5.54. The van der Waals surface area contributed by atoms with Crippen LogP contribution in [0.5, 0.6) is 0 Å². The monoisotopic (exact) mass is 428 g/mol. The molecule has 1 aliphatic carbocycles. The number of anilines is 1. The summed E-state index contributed by atoms with van der Waals surface area (Å²) in [6.07, 6.45) is 3.78. The molecule has 0 saturated heterocycles. The van der Waals surface area contributed by atoms with Gasteiger partial charge in [-0.3, -0.25) is 0 Å². The summed E-state index contributed by atoms with van der Waals surface area (Å²) < 4.78 is 5.51. The fraction of sp³-hybridized carbons (Fsp3) is 0.154. The van der Waals surface area contributed by atoms with Gasteiger partial charge in [0.25, 0.3) is 0 Å². The van der Waals surface area contributed by atoms with Crippen LogP contribution in [0.3, 0.4) is 0 Å². The molecule has 3 aromatic carbocycles. The molecule has 4 rings (SSSR count). The lowest BCUT2D eigenvalue weighted by Crippen LogP contribution is -2.26. The van der Waals surface area contributed by atoms with E-state index in [9.17, 15) is 9.59 Å². The van der Waals surface area contributed by atoms with E-state index in [1.807, 2.05) is 30.3 Å². The fourth-order valence-corrected chi connectivity index (χ4v) is 3.99. The van der Waals surface area contributed by atoms with E-state index < -0.39 is 12.1 Å². The topological polar surface area (TPSA) is 102 Å². The van der Waals surface area contributed by atoms with Crippen molar-refractivity contribution >= 4 is 23.8 Å². The summed E-state index contributed by atoms with van der Waals surface area (Å²) in [7, 11) is 0. The summed E-state index contributed by atoms with van der Waals surface area (Å²) in [5, 5.41) is 11.9. The number of rotatable bonds is 7. The van der Waals surface area contributed by atoms with E-state index >= 15 is 0 Å². The van der Waals surface area contributed by atoms with Crippen LogP contribution < -0.4 is 11.1 Å². The van der Waals surface area contributed by atoms with Crippen LogP contribution in [0.25, 0.3) is 17.2 Å². The zero-order valence-corrected chi connectivity index (χ0v) is 17.5. The molecule has 0 atom stereocenters. The number of hydrogen-bond acceptors (Lipinski definition) is 4. The van der Waals surface area contributed by atoms with Gasteiger partial charge in [-0.15, -0.1) is 0 Å². The first-order valence-corrected chi connectivity index (χ1v) is 10.4. The van der Waals surface area contributed by atoms with Gasteiger partial charge in [0.05, 0.1) is 5.56 Å². The number of amides is 1. The van der Waals surface area contributed by atoms with Crippen molar-refractivity contribution in [1.82, 2.24) is 5.32 Å². The first kappa shape index (κ1) is 21.2. The lowest BCUT2D eigenvalue weighted by atomic mass is 9.98. The van der Waals surface area contributed by atoms with Crippen molar-refractivity contribution < 1.29 is 19.4 Å². The number of alkyl carbamates (subject to hydrolysis) is 1. The maximum Gasteiger partial charge on any atom is 0.407 e. The predicted molar refractivity (Wildman–Crippen MR) is 125 cm³/mol. The molecule has 0 heterocycles. The highest BCUT2D eigenvalue weighted by atomic mass is 16.5. The number of nitrogens with one attached hydrogen (secondary N) is 1.